The molecular formula is C17H19FN2. The zero-order valence-electron chi connectivity index (χ0n) is 11.4. The quantitative estimate of drug-likeness (QED) is 0.906. The molecule has 0 unspecified atom stereocenters. The van der Waals surface area contributed by atoms with Crippen LogP contribution in [0.15, 0.2) is 48.5 Å². The number of nitrogens with two attached hydrogens (primary N) is 1. The summed E-state index contributed by atoms with van der Waals surface area (Å²) in [6.45, 7) is 2.05. The molecule has 1 aliphatic rings. The minimum Gasteiger partial charge on any atom is -0.371 e. The van der Waals surface area contributed by atoms with Crippen molar-refractivity contribution in [3.8, 4) is 11.1 Å². The molecule has 0 aromatic heterocycles. The summed E-state index contributed by atoms with van der Waals surface area (Å²) in [4.78, 5) is 2.37. The molecule has 0 spiro atoms. The minimum atomic E-state index is -0.199. The van der Waals surface area contributed by atoms with Crippen LogP contribution in [-0.2, 0) is 0 Å². The van der Waals surface area contributed by atoms with E-state index in [2.05, 4.69) is 29.2 Å². The van der Waals surface area contributed by atoms with E-state index in [1.165, 1.54) is 17.8 Å². The van der Waals surface area contributed by atoms with E-state index in [9.17, 15) is 4.39 Å². The predicted octanol–water partition coefficient (Wildman–Crippen LogP) is 3.42. The Bertz CT molecular complexity index is 555. The van der Waals surface area contributed by atoms with E-state index in [1.54, 1.807) is 0 Å². The van der Waals surface area contributed by atoms with Crippen molar-refractivity contribution >= 4 is 5.69 Å². The van der Waals surface area contributed by atoms with Crippen molar-refractivity contribution in [1.29, 1.82) is 0 Å². The largest absolute Gasteiger partial charge is 0.371 e. The highest BCUT2D eigenvalue weighted by Crippen LogP contribution is 2.25. The highest BCUT2D eigenvalue weighted by atomic mass is 19.1. The molecule has 0 radical (unpaired) electrons. The van der Waals surface area contributed by atoms with Crippen molar-refractivity contribution < 1.29 is 4.39 Å². The van der Waals surface area contributed by atoms with E-state index in [0.29, 0.717) is 6.04 Å². The van der Waals surface area contributed by atoms with Crippen LogP contribution in [0, 0.1) is 5.82 Å². The van der Waals surface area contributed by atoms with Crippen molar-refractivity contribution in [2.24, 2.45) is 5.73 Å². The molecule has 2 N–H and O–H groups in total. The second-order valence-electron chi connectivity index (χ2n) is 5.38. The maximum Gasteiger partial charge on any atom is 0.123 e. The van der Waals surface area contributed by atoms with Gasteiger partial charge < -0.3 is 10.6 Å². The summed E-state index contributed by atoms with van der Waals surface area (Å²) in [7, 11) is 0. The lowest BCUT2D eigenvalue weighted by Crippen LogP contribution is -2.39. The summed E-state index contributed by atoms with van der Waals surface area (Å²) in [5.41, 5.74) is 9.32. The van der Waals surface area contributed by atoms with E-state index in [1.807, 2.05) is 12.1 Å². The molecule has 0 saturated carbocycles. The SMILES string of the molecule is NC1CCN(c2ccc(-c3ccc(F)cc3)cc2)CC1. The predicted molar refractivity (Wildman–Crippen MR) is 81.3 cm³/mol. The Labute approximate surface area is 119 Å². The number of hydrogen-bond acceptors (Lipinski definition) is 2. The number of benzene rings is 2. The van der Waals surface area contributed by atoms with Gasteiger partial charge in [-0.25, -0.2) is 4.39 Å². The monoisotopic (exact) mass is 270 g/mol. The Morgan fingerprint density at radius 3 is 1.90 bits per heavy atom. The molecule has 2 aromatic carbocycles. The first kappa shape index (κ1) is 13.1. The minimum absolute atomic E-state index is 0.199. The van der Waals surface area contributed by atoms with Crippen LogP contribution in [0.4, 0.5) is 10.1 Å². The molecule has 104 valence electrons. The number of anilines is 1. The molecule has 3 rings (SSSR count). The van der Waals surface area contributed by atoms with Crippen LogP contribution in [0.2, 0.25) is 0 Å². The van der Waals surface area contributed by atoms with Gasteiger partial charge in [-0.2, -0.15) is 0 Å². The molecule has 0 atom stereocenters. The van der Waals surface area contributed by atoms with Crippen LogP contribution >= 0.6 is 0 Å². The van der Waals surface area contributed by atoms with Crippen LogP contribution in [0.5, 0.6) is 0 Å². The van der Waals surface area contributed by atoms with Crippen molar-refractivity contribution in [1.82, 2.24) is 0 Å². The van der Waals surface area contributed by atoms with Gasteiger partial charge in [-0.1, -0.05) is 24.3 Å². The Kier molecular flexibility index (Phi) is 3.70. The van der Waals surface area contributed by atoms with Crippen LogP contribution < -0.4 is 10.6 Å². The van der Waals surface area contributed by atoms with Crippen LogP contribution in [0.25, 0.3) is 11.1 Å². The fourth-order valence-electron chi connectivity index (χ4n) is 2.66. The fraction of sp³-hybridized carbons (Fsp3) is 0.294. The normalized spacial score (nSPS) is 16.4. The molecule has 0 aliphatic carbocycles. The third-order valence-corrected chi connectivity index (χ3v) is 3.95. The van der Waals surface area contributed by atoms with Gasteiger partial charge >= 0.3 is 0 Å². The Morgan fingerprint density at radius 2 is 1.35 bits per heavy atom. The van der Waals surface area contributed by atoms with E-state index in [0.717, 1.165) is 37.1 Å². The number of hydrogen-bond donors (Lipinski definition) is 1. The number of halogens is 1. The zero-order chi connectivity index (χ0) is 13.9. The summed E-state index contributed by atoms with van der Waals surface area (Å²) in [6, 6.07) is 15.4. The van der Waals surface area contributed by atoms with Crippen LogP contribution in [-0.4, -0.2) is 19.1 Å². The Balaban J connectivity index is 1.76. The van der Waals surface area contributed by atoms with Gasteiger partial charge in [0.1, 0.15) is 5.82 Å². The molecule has 1 fully saturated rings. The summed E-state index contributed by atoms with van der Waals surface area (Å²) < 4.78 is 12.9. The zero-order valence-corrected chi connectivity index (χ0v) is 11.4. The number of nitrogens with zero attached hydrogens (tertiary/aromatic N) is 1. The van der Waals surface area contributed by atoms with E-state index in [4.69, 9.17) is 5.73 Å². The first-order valence-electron chi connectivity index (χ1n) is 7.09. The smallest absolute Gasteiger partial charge is 0.123 e. The standard InChI is InChI=1S/C17H19FN2/c18-15-5-1-13(2-6-15)14-3-7-17(8-4-14)20-11-9-16(19)10-12-20/h1-8,16H,9-12,19H2. The van der Waals surface area contributed by atoms with Crippen LogP contribution in [0.1, 0.15) is 12.8 Å². The van der Waals surface area contributed by atoms with Crippen LogP contribution in [0.3, 0.4) is 0 Å². The lowest BCUT2D eigenvalue weighted by atomic mass is 10.0. The maximum absolute atomic E-state index is 12.9. The fourth-order valence-corrected chi connectivity index (χ4v) is 2.66. The average molecular weight is 270 g/mol. The highest BCUT2D eigenvalue weighted by molar-refractivity contribution is 5.66. The topological polar surface area (TPSA) is 29.3 Å². The Hall–Kier alpha value is -1.87. The third-order valence-electron chi connectivity index (χ3n) is 3.95. The maximum atomic E-state index is 12.9. The number of rotatable bonds is 2. The lowest BCUT2D eigenvalue weighted by Gasteiger charge is -2.32. The molecule has 0 amide bonds. The Morgan fingerprint density at radius 1 is 0.850 bits per heavy atom. The van der Waals surface area contributed by atoms with Gasteiger partial charge in [0.05, 0.1) is 0 Å². The molecule has 3 heteroatoms. The molecule has 2 nitrogen and oxygen atoms in total. The average Bonchev–Trinajstić information content (AvgIpc) is 2.49. The van der Waals surface area contributed by atoms with Gasteiger partial charge in [0.25, 0.3) is 0 Å². The molecule has 1 aliphatic heterocycles. The number of piperidine rings is 1. The van der Waals surface area contributed by atoms with Gasteiger partial charge in [0.2, 0.25) is 0 Å². The van der Waals surface area contributed by atoms with Crippen molar-refractivity contribution in [2.45, 2.75) is 18.9 Å². The molecule has 1 heterocycles. The molecular weight excluding hydrogens is 251 g/mol. The van der Waals surface area contributed by atoms with E-state index < -0.39 is 0 Å². The van der Waals surface area contributed by atoms with E-state index >= 15 is 0 Å². The highest BCUT2D eigenvalue weighted by Gasteiger charge is 2.16. The molecule has 20 heavy (non-hydrogen) atoms. The summed E-state index contributed by atoms with van der Waals surface area (Å²) >= 11 is 0. The lowest BCUT2D eigenvalue weighted by molar-refractivity contribution is 0.501. The summed E-state index contributed by atoms with van der Waals surface area (Å²) in [5.74, 6) is -0.199. The molecule has 1 saturated heterocycles. The third kappa shape index (κ3) is 2.83. The van der Waals surface area contributed by atoms with Crippen molar-refractivity contribution in [3.63, 3.8) is 0 Å². The van der Waals surface area contributed by atoms with Gasteiger partial charge in [-0.05, 0) is 48.2 Å². The van der Waals surface area contributed by atoms with Crippen molar-refractivity contribution in [2.75, 3.05) is 18.0 Å². The van der Waals surface area contributed by atoms with Gasteiger partial charge in [0.15, 0.2) is 0 Å². The van der Waals surface area contributed by atoms with Crippen molar-refractivity contribution in [3.05, 3.63) is 54.3 Å². The first-order valence-corrected chi connectivity index (χ1v) is 7.09. The van der Waals surface area contributed by atoms with Gasteiger partial charge in [-0.3, -0.25) is 0 Å². The first-order chi connectivity index (χ1) is 9.72. The second-order valence-corrected chi connectivity index (χ2v) is 5.38. The molecule has 2 aromatic rings. The van der Waals surface area contributed by atoms with Gasteiger partial charge in [0, 0.05) is 24.8 Å². The molecule has 0 bridgehead atoms. The second kappa shape index (κ2) is 5.63. The summed E-state index contributed by atoms with van der Waals surface area (Å²) in [5, 5.41) is 0. The van der Waals surface area contributed by atoms with E-state index in [-0.39, 0.29) is 5.82 Å². The van der Waals surface area contributed by atoms with Gasteiger partial charge in [-0.15, -0.1) is 0 Å². The summed E-state index contributed by atoms with van der Waals surface area (Å²) in [6.07, 6.45) is 2.11.